The maximum absolute atomic E-state index is 11.9. The molecule has 0 aromatic heterocycles. The Morgan fingerprint density at radius 1 is 1.09 bits per heavy atom. The first-order valence-corrected chi connectivity index (χ1v) is 7.78. The van der Waals surface area contributed by atoms with Gasteiger partial charge in [-0.1, -0.05) is 46.2 Å². The minimum Gasteiger partial charge on any atom is -0.351 e. The van der Waals surface area contributed by atoms with E-state index in [1.807, 2.05) is 52.0 Å². The molecule has 6 heteroatoms. The van der Waals surface area contributed by atoms with Crippen molar-refractivity contribution in [3.63, 3.8) is 0 Å². The minimum atomic E-state index is -0.477. The van der Waals surface area contributed by atoms with Gasteiger partial charge in [0.1, 0.15) is 0 Å². The molecule has 2 atom stereocenters. The normalized spacial score (nSPS) is 13.0. The highest BCUT2D eigenvalue weighted by molar-refractivity contribution is 5.92. The van der Waals surface area contributed by atoms with Gasteiger partial charge in [-0.15, -0.1) is 12.4 Å². The average molecular weight is 342 g/mol. The second kappa shape index (κ2) is 10.2. The van der Waals surface area contributed by atoms with Gasteiger partial charge in [0.15, 0.2) is 0 Å². The smallest absolute Gasteiger partial charge is 0.237 e. The fourth-order valence-electron chi connectivity index (χ4n) is 1.81. The molecular weight excluding hydrogens is 314 g/mol. The van der Waals surface area contributed by atoms with E-state index in [4.69, 9.17) is 5.73 Å². The lowest BCUT2D eigenvalue weighted by molar-refractivity contribution is -0.123. The van der Waals surface area contributed by atoms with Crippen molar-refractivity contribution in [1.29, 1.82) is 0 Å². The van der Waals surface area contributed by atoms with Crippen LogP contribution in [0, 0.1) is 11.8 Å². The molecule has 0 aliphatic carbocycles. The third-order valence-electron chi connectivity index (χ3n) is 3.77. The molecule has 1 rings (SSSR count). The Labute approximate surface area is 144 Å². The van der Waals surface area contributed by atoms with Gasteiger partial charge in [-0.2, -0.15) is 0 Å². The first-order chi connectivity index (χ1) is 10.3. The number of nitrogens with two attached hydrogens (primary N) is 1. The largest absolute Gasteiger partial charge is 0.351 e. The summed E-state index contributed by atoms with van der Waals surface area (Å²) in [5.74, 6) is -0.0400. The fourth-order valence-corrected chi connectivity index (χ4v) is 1.81. The molecule has 4 N–H and O–H groups in total. The molecule has 0 spiro atoms. The van der Waals surface area contributed by atoms with Crippen LogP contribution in [0.5, 0.6) is 0 Å². The van der Waals surface area contributed by atoms with E-state index in [9.17, 15) is 9.59 Å². The van der Waals surface area contributed by atoms with E-state index in [2.05, 4.69) is 10.6 Å². The number of amides is 2. The Kier molecular flexibility index (Phi) is 9.53. The molecule has 0 aliphatic rings. The minimum absolute atomic E-state index is 0. The lowest BCUT2D eigenvalue weighted by Gasteiger charge is -2.17. The Bertz CT molecular complexity index is 503. The Morgan fingerprint density at radius 3 is 2.13 bits per heavy atom. The van der Waals surface area contributed by atoms with Gasteiger partial charge in [-0.3, -0.25) is 9.59 Å². The highest BCUT2D eigenvalue weighted by atomic mass is 35.5. The summed E-state index contributed by atoms with van der Waals surface area (Å²) in [4.78, 5) is 23.5. The number of nitrogens with one attached hydrogen (secondary N) is 2. The quantitative estimate of drug-likeness (QED) is 0.712. The maximum atomic E-state index is 11.9. The van der Waals surface area contributed by atoms with Gasteiger partial charge in [0.05, 0.1) is 6.04 Å². The molecule has 130 valence electrons. The summed E-state index contributed by atoms with van der Waals surface area (Å²) < 4.78 is 0. The van der Waals surface area contributed by atoms with Gasteiger partial charge in [0, 0.05) is 18.2 Å². The zero-order chi connectivity index (χ0) is 16.7. The number of hydrogen-bond acceptors (Lipinski definition) is 3. The van der Waals surface area contributed by atoms with E-state index in [-0.39, 0.29) is 36.1 Å². The van der Waals surface area contributed by atoms with Crippen LogP contribution in [0.25, 0.3) is 0 Å². The summed E-state index contributed by atoms with van der Waals surface area (Å²) in [7, 11) is 0. The van der Waals surface area contributed by atoms with E-state index in [1.165, 1.54) is 0 Å². The van der Waals surface area contributed by atoms with Crippen LogP contribution in [-0.4, -0.2) is 17.9 Å². The van der Waals surface area contributed by atoms with Crippen molar-refractivity contribution in [2.75, 3.05) is 5.32 Å². The van der Waals surface area contributed by atoms with Gasteiger partial charge < -0.3 is 16.4 Å². The Morgan fingerprint density at radius 2 is 1.65 bits per heavy atom. The standard InChI is InChI=1S/C17H27N3O2.ClH/c1-5-12(4)15(18)17(22)19-10-13-6-8-14(9-7-13)20-16(21)11(2)3;/h6-9,11-12,15H,5,10,18H2,1-4H3,(H,19,22)(H,20,21);1H. The average Bonchev–Trinajstić information content (AvgIpc) is 2.52. The Hall–Kier alpha value is -1.59. The SMILES string of the molecule is CCC(C)C(N)C(=O)NCc1ccc(NC(=O)C(C)C)cc1.Cl. The van der Waals surface area contributed by atoms with Crippen molar-refractivity contribution in [3.05, 3.63) is 29.8 Å². The van der Waals surface area contributed by atoms with Crippen LogP contribution in [0.4, 0.5) is 5.69 Å². The molecule has 2 amide bonds. The molecule has 0 radical (unpaired) electrons. The molecule has 0 fully saturated rings. The van der Waals surface area contributed by atoms with E-state index < -0.39 is 6.04 Å². The van der Waals surface area contributed by atoms with Crippen LogP contribution in [0.3, 0.4) is 0 Å². The molecule has 5 nitrogen and oxygen atoms in total. The van der Waals surface area contributed by atoms with E-state index in [0.29, 0.717) is 6.54 Å². The van der Waals surface area contributed by atoms with Crippen LogP contribution < -0.4 is 16.4 Å². The molecule has 0 saturated heterocycles. The zero-order valence-electron chi connectivity index (χ0n) is 14.3. The molecular formula is C17H28ClN3O2. The highest BCUT2D eigenvalue weighted by Crippen LogP contribution is 2.11. The fraction of sp³-hybridized carbons (Fsp3) is 0.529. The Balaban J connectivity index is 0.00000484. The molecule has 0 saturated carbocycles. The lowest BCUT2D eigenvalue weighted by atomic mass is 9.99. The number of anilines is 1. The maximum Gasteiger partial charge on any atom is 0.237 e. The van der Waals surface area contributed by atoms with E-state index in [1.54, 1.807) is 0 Å². The van der Waals surface area contributed by atoms with Crippen molar-refractivity contribution in [3.8, 4) is 0 Å². The third kappa shape index (κ3) is 7.01. The number of halogens is 1. The van der Waals surface area contributed by atoms with E-state index in [0.717, 1.165) is 17.7 Å². The monoisotopic (exact) mass is 341 g/mol. The van der Waals surface area contributed by atoms with Crippen molar-refractivity contribution >= 4 is 29.9 Å². The molecule has 23 heavy (non-hydrogen) atoms. The van der Waals surface area contributed by atoms with Crippen molar-refractivity contribution < 1.29 is 9.59 Å². The van der Waals surface area contributed by atoms with Gasteiger partial charge in [-0.05, 0) is 23.6 Å². The first-order valence-electron chi connectivity index (χ1n) is 7.78. The summed E-state index contributed by atoms with van der Waals surface area (Å²) in [6.45, 7) is 8.11. The molecule has 1 aromatic rings. The van der Waals surface area contributed by atoms with Crippen molar-refractivity contribution in [2.45, 2.75) is 46.7 Å². The predicted molar refractivity (Wildman–Crippen MR) is 96.4 cm³/mol. The summed E-state index contributed by atoms with van der Waals surface area (Å²) in [5.41, 5.74) is 7.60. The summed E-state index contributed by atoms with van der Waals surface area (Å²) in [6, 6.07) is 6.94. The van der Waals surface area contributed by atoms with Crippen LogP contribution in [0.1, 0.15) is 39.7 Å². The number of rotatable bonds is 7. The number of carbonyl (C=O) groups excluding carboxylic acids is 2. The van der Waals surface area contributed by atoms with Gasteiger partial charge in [0.25, 0.3) is 0 Å². The number of hydrogen-bond donors (Lipinski definition) is 3. The van der Waals surface area contributed by atoms with Crippen molar-refractivity contribution in [2.24, 2.45) is 17.6 Å². The predicted octanol–water partition coefficient (Wildman–Crippen LogP) is 2.69. The first kappa shape index (κ1) is 21.4. The second-order valence-corrected chi connectivity index (χ2v) is 5.97. The second-order valence-electron chi connectivity index (χ2n) is 5.97. The van der Waals surface area contributed by atoms with Crippen LogP contribution >= 0.6 is 12.4 Å². The summed E-state index contributed by atoms with van der Waals surface area (Å²) in [6.07, 6.45) is 0.874. The van der Waals surface area contributed by atoms with Gasteiger partial charge in [0.2, 0.25) is 11.8 Å². The molecule has 0 heterocycles. The highest BCUT2D eigenvalue weighted by Gasteiger charge is 2.18. The van der Waals surface area contributed by atoms with Gasteiger partial charge in [-0.25, -0.2) is 0 Å². The van der Waals surface area contributed by atoms with Crippen molar-refractivity contribution in [1.82, 2.24) is 5.32 Å². The van der Waals surface area contributed by atoms with Crippen LogP contribution in [0.15, 0.2) is 24.3 Å². The summed E-state index contributed by atoms with van der Waals surface area (Å²) >= 11 is 0. The van der Waals surface area contributed by atoms with Gasteiger partial charge >= 0.3 is 0 Å². The lowest BCUT2D eigenvalue weighted by Crippen LogP contribution is -2.44. The van der Waals surface area contributed by atoms with Crippen LogP contribution in [0.2, 0.25) is 0 Å². The number of benzene rings is 1. The zero-order valence-corrected chi connectivity index (χ0v) is 15.1. The molecule has 1 aromatic carbocycles. The van der Waals surface area contributed by atoms with Crippen LogP contribution in [-0.2, 0) is 16.1 Å². The third-order valence-corrected chi connectivity index (χ3v) is 3.77. The molecule has 0 aliphatic heterocycles. The number of carbonyl (C=O) groups is 2. The van der Waals surface area contributed by atoms with E-state index >= 15 is 0 Å². The molecule has 0 bridgehead atoms. The molecule has 2 unspecified atom stereocenters. The topological polar surface area (TPSA) is 84.2 Å². The summed E-state index contributed by atoms with van der Waals surface area (Å²) in [5, 5.41) is 5.67.